The average molecular weight is 401 g/mol. The molecule has 0 aliphatic carbocycles. The molecule has 2 N–H and O–H groups in total. The number of β-amino-alcohol motifs (C(OH)–C–C–N with tert-alkyl or cyclic N) is 1. The van der Waals surface area contributed by atoms with Crippen LogP contribution in [-0.4, -0.2) is 59.6 Å². The number of carbonyl (C=O) groups is 1. The van der Waals surface area contributed by atoms with Crippen LogP contribution in [-0.2, 0) is 4.74 Å². The van der Waals surface area contributed by atoms with Crippen LogP contribution in [0.5, 0.6) is 0 Å². The van der Waals surface area contributed by atoms with Crippen LogP contribution in [0.3, 0.4) is 0 Å². The zero-order valence-corrected chi connectivity index (χ0v) is 16.8. The van der Waals surface area contributed by atoms with Crippen molar-refractivity contribution in [2.45, 2.75) is 38.6 Å². The summed E-state index contributed by atoms with van der Waals surface area (Å²) in [7, 11) is 0. The van der Waals surface area contributed by atoms with Crippen molar-refractivity contribution in [3.05, 3.63) is 59.2 Å². The monoisotopic (exact) mass is 401 g/mol. The second-order valence-corrected chi connectivity index (χ2v) is 7.70. The van der Waals surface area contributed by atoms with Crippen molar-refractivity contribution in [2.24, 2.45) is 0 Å². The largest absolute Gasteiger partial charge is 0.478 e. The smallest absolute Gasteiger partial charge is 0.335 e. The fourth-order valence-electron chi connectivity index (χ4n) is 3.83. The molecule has 2 aromatic rings. The number of carboxylic acids is 1. The van der Waals surface area contributed by atoms with Crippen LogP contribution in [0.25, 0.3) is 11.1 Å². The summed E-state index contributed by atoms with van der Waals surface area (Å²) in [4.78, 5) is 13.2. The Morgan fingerprint density at radius 3 is 2.72 bits per heavy atom. The number of benzene rings is 2. The van der Waals surface area contributed by atoms with Gasteiger partial charge >= 0.3 is 5.97 Å². The molecular weight excluding hydrogens is 373 g/mol. The Balaban J connectivity index is 1.68. The van der Waals surface area contributed by atoms with Gasteiger partial charge in [0, 0.05) is 19.6 Å². The SMILES string of the molecule is Cc1cc(-c2ccccc2C(C)OCC(O)CN2CCC(F)C2)ccc1C(=O)O. The lowest BCUT2D eigenvalue weighted by Gasteiger charge is -2.22. The van der Waals surface area contributed by atoms with Gasteiger partial charge in [-0.3, -0.25) is 4.90 Å². The zero-order valence-electron chi connectivity index (χ0n) is 16.8. The van der Waals surface area contributed by atoms with E-state index in [2.05, 4.69) is 0 Å². The molecule has 1 heterocycles. The van der Waals surface area contributed by atoms with Gasteiger partial charge in [0.1, 0.15) is 6.17 Å². The van der Waals surface area contributed by atoms with Crippen LogP contribution in [0.2, 0.25) is 0 Å². The first-order valence-electron chi connectivity index (χ1n) is 9.94. The minimum Gasteiger partial charge on any atom is -0.478 e. The highest BCUT2D eigenvalue weighted by molar-refractivity contribution is 5.90. The normalized spacial score (nSPS) is 19.2. The minimum atomic E-state index is -0.940. The molecule has 0 spiro atoms. The number of hydrogen-bond donors (Lipinski definition) is 2. The summed E-state index contributed by atoms with van der Waals surface area (Å²) >= 11 is 0. The molecule has 1 aliphatic heterocycles. The third-order valence-corrected chi connectivity index (χ3v) is 5.39. The molecule has 1 fully saturated rings. The summed E-state index contributed by atoms with van der Waals surface area (Å²) in [5.74, 6) is -0.940. The fourth-order valence-corrected chi connectivity index (χ4v) is 3.83. The number of carboxylic acid groups (broad SMARTS) is 1. The molecule has 156 valence electrons. The summed E-state index contributed by atoms with van der Waals surface area (Å²) in [6, 6.07) is 13.1. The molecule has 0 aromatic heterocycles. The highest BCUT2D eigenvalue weighted by Crippen LogP contribution is 2.31. The van der Waals surface area contributed by atoms with E-state index in [-0.39, 0.29) is 18.3 Å². The van der Waals surface area contributed by atoms with Crippen LogP contribution in [0.15, 0.2) is 42.5 Å². The zero-order chi connectivity index (χ0) is 21.0. The highest BCUT2D eigenvalue weighted by Gasteiger charge is 2.24. The van der Waals surface area contributed by atoms with Gasteiger partial charge in [0.25, 0.3) is 0 Å². The maximum atomic E-state index is 13.3. The van der Waals surface area contributed by atoms with Crippen molar-refractivity contribution in [1.82, 2.24) is 4.90 Å². The van der Waals surface area contributed by atoms with E-state index in [1.165, 1.54) is 0 Å². The fraction of sp³-hybridized carbons (Fsp3) is 0.435. The number of likely N-dealkylation sites (tertiary alicyclic amines) is 1. The minimum absolute atomic E-state index is 0.167. The van der Waals surface area contributed by atoms with Gasteiger partial charge in [0.15, 0.2) is 0 Å². The summed E-state index contributed by atoms with van der Waals surface area (Å²) in [5.41, 5.74) is 3.84. The number of halogens is 1. The molecule has 3 unspecified atom stereocenters. The third kappa shape index (κ3) is 5.41. The molecule has 0 amide bonds. The second-order valence-electron chi connectivity index (χ2n) is 7.70. The van der Waals surface area contributed by atoms with E-state index in [1.807, 2.05) is 42.2 Å². The number of nitrogens with zero attached hydrogens (tertiary/aromatic N) is 1. The van der Waals surface area contributed by atoms with Crippen molar-refractivity contribution in [3.63, 3.8) is 0 Å². The van der Waals surface area contributed by atoms with Crippen LogP contribution in [0.1, 0.15) is 40.9 Å². The number of rotatable bonds is 8. The molecule has 3 rings (SSSR count). The van der Waals surface area contributed by atoms with E-state index in [0.29, 0.717) is 31.6 Å². The molecule has 6 heteroatoms. The molecule has 29 heavy (non-hydrogen) atoms. The van der Waals surface area contributed by atoms with E-state index in [0.717, 1.165) is 16.7 Å². The van der Waals surface area contributed by atoms with Gasteiger partial charge in [-0.15, -0.1) is 0 Å². The number of aryl methyl sites for hydroxylation is 1. The Morgan fingerprint density at radius 1 is 1.31 bits per heavy atom. The Labute approximate surface area is 170 Å². The van der Waals surface area contributed by atoms with Crippen molar-refractivity contribution in [3.8, 4) is 11.1 Å². The number of alkyl halides is 1. The Hall–Kier alpha value is -2.28. The number of aliphatic hydroxyl groups is 1. The van der Waals surface area contributed by atoms with Gasteiger partial charge in [-0.25, -0.2) is 9.18 Å². The summed E-state index contributed by atoms with van der Waals surface area (Å²) < 4.78 is 19.2. The van der Waals surface area contributed by atoms with E-state index in [1.54, 1.807) is 19.1 Å². The van der Waals surface area contributed by atoms with Gasteiger partial charge in [-0.1, -0.05) is 36.4 Å². The first-order chi connectivity index (χ1) is 13.8. The van der Waals surface area contributed by atoms with E-state index in [9.17, 15) is 19.4 Å². The van der Waals surface area contributed by atoms with Gasteiger partial charge in [-0.05, 0) is 48.6 Å². The molecular formula is C23H28FNO4. The van der Waals surface area contributed by atoms with E-state index < -0.39 is 18.2 Å². The van der Waals surface area contributed by atoms with E-state index >= 15 is 0 Å². The van der Waals surface area contributed by atoms with Crippen molar-refractivity contribution < 1.29 is 24.1 Å². The third-order valence-electron chi connectivity index (χ3n) is 5.39. The maximum Gasteiger partial charge on any atom is 0.335 e. The maximum absolute atomic E-state index is 13.3. The predicted molar refractivity (Wildman–Crippen MR) is 110 cm³/mol. The van der Waals surface area contributed by atoms with Crippen LogP contribution < -0.4 is 0 Å². The van der Waals surface area contributed by atoms with Crippen LogP contribution >= 0.6 is 0 Å². The lowest BCUT2D eigenvalue weighted by atomic mass is 9.94. The van der Waals surface area contributed by atoms with Gasteiger partial charge in [0.05, 0.1) is 24.4 Å². The number of aliphatic hydroxyl groups excluding tert-OH is 1. The molecule has 5 nitrogen and oxygen atoms in total. The van der Waals surface area contributed by atoms with Gasteiger partial charge in [0.2, 0.25) is 0 Å². The van der Waals surface area contributed by atoms with Crippen molar-refractivity contribution >= 4 is 5.97 Å². The first kappa shape index (κ1) is 21.4. The number of aromatic carboxylic acids is 1. The van der Waals surface area contributed by atoms with Crippen molar-refractivity contribution in [2.75, 3.05) is 26.2 Å². The molecule has 0 saturated carbocycles. The average Bonchev–Trinajstić information content (AvgIpc) is 3.10. The van der Waals surface area contributed by atoms with Crippen LogP contribution in [0.4, 0.5) is 4.39 Å². The van der Waals surface area contributed by atoms with Crippen LogP contribution in [0, 0.1) is 6.92 Å². The molecule has 0 radical (unpaired) electrons. The van der Waals surface area contributed by atoms with Gasteiger partial charge < -0.3 is 14.9 Å². The molecule has 3 atom stereocenters. The standard InChI is InChI=1S/C23H28FNO4/c1-15-11-17(7-8-20(15)23(27)28)22-6-4-3-5-21(22)16(2)29-14-19(26)13-25-10-9-18(24)12-25/h3-8,11,16,18-19,26H,9-10,12-14H2,1-2H3,(H,27,28). The summed E-state index contributed by atoms with van der Waals surface area (Å²) in [6.45, 7) is 5.33. The predicted octanol–water partition coefficient (Wildman–Crippen LogP) is 3.84. The van der Waals surface area contributed by atoms with E-state index in [4.69, 9.17) is 4.74 Å². The molecule has 1 saturated heterocycles. The quantitative estimate of drug-likeness (QED) is 0.703. The Kier molecular flexibility index (Phi) is 7.00. The molecule has 0 bridgehead atoms. The topological polar surface area (TPSA) is 70.0 Å². The molecule has 1 aliphatic rings. The van der Waals surface area contributed by atoms with Gasteiger partial charge in [-0.2, -0.15) is 0 Å². The Bertz CT molecular complexity index is 857. The second kappa shape index (κ2) is 9.48. The molecule has 2 aromatic carbocycles. The first-order valence-corrected chi connectivity index (χ1v) is 9.94. The number of hydrogen-bond acceptors (Lipinski definition) is 4. The number of ether oxygens (including phenoxy) is 1. The lowest BCUT2D eigenvalue weighted by Crippen LogP contribution is -2.33. The highest BCUT2D eigenvalue weighted by atomic mass is 19.1. The lowest BCUT2D eigenvalue weighted by molar-refractivity contribution is -0.0136. The summed E-state index contributed by atoms with van der Waals surface area (Å²) in [5, 5.41) is 19.5. The summed E-state index contributed by atoms with van der Waals surface area (Å²) in [6.07, 6.45) is -1.21. The Morgan fingerprint density at radius 2 is 2.07 bits per heavy atom. The van der Waals surface area contributed by atoms with Crippen molar-refractivity contribution in [1.29, 1.82) is 0 Å².